The van der Waals surface area contributed by atoms with E-state index in [4.69, 9.17) is 0 Å². The second-order valence-corrected chi connectivity index (χ2v) is 25.3. The molecule has 1 aliphatic carbocycles. The second-order valence-electron chi connectivity index (χ2n) is 18.8. The molecule has 6 aromatic rings. The van der Waals surface area contributed by atoms with Gasteiger partial charge in [-0.1, -0.05) is 83.1 Å². The lowest BCUT2D eigenvalue weighted by atomic mass is 9.89. The van der Waals surface area contributed by atoms with Gasteiger partial charge in [-0.25, -0.2) is 0 Å². The minimum Gasteiger partial charge on any atom is -0.194 e. The Bertz CT molecular complexity index is 2320. The molecule has 0 saturated carbocycles. The van der Waals surface area contributed by atoms with Crippen molar-refractivity contribution in [1.82, 2.24) is 0 Å². The zero-order chi connectivity index (χ0) is 42.1. The van der Waals surface area contributed by atoms with Crippen molar-refractivity contribution >= 4 is 79.2 Å². The molecule has 0 unspecified atom stereocenters. The van der Waals surface area contributed by atoms with Gasteiger partial charge in [0.1, 0.15) is 0 Å². The van der Waals surface area contributed by atoms with E-state index in [-0.39, 0.29) is 31.7 Å². The van der Waals surface area contributed by atoms with E-state index in [9.17, 15) is 0 Å². The largest absolute Gasteiger partial charge is 0.380 e. The standard InChI is InChI=1S/C45H46F6S6/c1-39(2,3)31-19-17-27(54-31)25-13-15-29(52-25)37-23(21-33(56-37)41(7,8)9)35-36(44(48,49)45(50,51)43(35,46)47)24-22-34(42(10,11)12)57-38(24)30-16-14-26(53-30)28-18-20-32(55-28)40(4,5)6/h13-22H,1-12H3. The molecule has 7 rings (SSSR count). The van der Waals surface area contributed by atoms with Gasteiger partial charge in [0, 0.05) is 71.0 Å². The summed E-state index contributed by atoms with van der Waals surface area (Å²) in [5, 5.41) is 0. The third kappa shape index (κ3) is 7.30. The fraction of sp³-hybridized carbons (Fsp3) is 0.422. The molecule has 0 bridgehead atoms. The highest BCUT2D eigenvalue weighted by Gasteiger charge is 2.80. The maximum absolute atomic E-state index is 16.7. The zero-order valence-electron chi connectivity index (χ0n) is 34.0. The van der Waals surface area contributed by atoms with Gasteiger partial charge in [-0.3, -0.25) is 0 Å². The first-order valence-electron chi connectivity index (χ1n) is 18.6. The van der Waals surface area contributed by atoms with Crippen LogP contribution in [0.2, 0.25) is 0 Å². The summed E-state index contributed by atoms with van der Waals surface area (Å²) >= 11 is 8.37. The molecule has 0 aliphatic heterocycles. The highest BCUT2D eigenvalue weighted by atomic mass is 32.1. The fourth-order valence-corrected chi connectivity index (χ4v) is 13.6. The van der Waals surface area contributed by atoms with Crippen molar-refractivity contribution in [3.63, 3.8) is 0 Å². The van der Waals surface area contributed by atoms with Crippen LogP contribution in [0.1, 0.15) is 114 Å². The molecule has 0 N–H and O–H groups in total. The SMILES string of the molecule is CC(C)(C)c1ccc(-c2ccc(-c3sc(C(C)(C)C)cc3C3=C(c4cc(C(C)(C)C)sc4-c4ccc(-c5ccc(C(C)(C)C)s5)s4)C(F)(F)C(F)(F)C3(F)F)s2)s1. The molecule has 0 atom stereocenters. The summed E-state index contributed by atoms with van der Waals surface area (Å²) in [7, 11) is 0. The van der Waals surface area contributed by atoms with E-state index in [0.717, 1.165) is 19.5 Å². The molecule has 0 saturated heterocycles. The molecule has 0 spiro atoms. The van der Waals surface area contributed by atoms with Gasteiger partial charge in [-0.15, -0.1) is 68.0 Å². The van der Waals surface area contributed by atoms with Crippen molar-refractivity contribution in [1.29, 1.82) is 0 Å². The monoisotopic (exact) mass is 892 g/mol. The topological polar surface area (TPSA) is 0 Å². The number of halogens is 6. The first kappa shape index (κ1) is 42.6. The summed E-state index contributed by atoms with van der Waals surface area (Å²) in [5.41, 5.74) is -4.45. The third-order valence-electron chi connectivity index (χ3n) is 9.98. The van der Waals surface area contributed by atoms with E-state index in [1.807, 2.05) is 65.8 Å². The van der Waals surface area contributed by atoms with E-state index < -0.39 is 39.7 Å². The lowest BCUT2D eigenvalue weighted by molar-refractivity contribution is -0.254. The van der Waals surface area contributed by atoms with Crippen molar-refractivity contribution in [3.05, 3.63) is 91.3 Å². The van der Waals surface area contributed by atoms with Crippen LogP contribution in [0, 0.1) is 0 Å². The molecule has 57 heavy (non-hydrogen) atoms. The Morgan fingerprint density at radius 3 is 0.930 bits per heavy atom. The van der Waals surface area contributed by atoms with Gasteiger partial charge < -0.3 is 0 Å². The average Bonchev–Trinajstić information content (AvgIpc) is 3.91. The number of rotatable bonds is 6. The summed E-state index contributed by atoms with van der Waals surface area (Å²) in [6, 6.07) is 18.4. The Balaban J connectivity index is 1.48. The number of alkyl halides is 6. The highest BCUT2D eigenvalue weighted by Crippen LogP contribution is 2.67. The fourth-order valence-electron chi connectivity index (χ4n) is 6.62. The smallest absolute Gasteiger partial charge is 0.194 e. The van der Waals surface area contributed by atoms with E-state index in [0.29, 0.717) is 19.5 Å². The maximum Gasteiger partial charge on any atom is 0.380 e. The van der Waals surface area contributed by atoms with E-state index in [2.05, 4.69) is 53.7 Å². The molecule has 0 radical (unpaired) electrons. The van der Waals surface area contributed by atoms with Gasteiger partial charge >= 0.3 is 17.8 Å². The quantitative estimate of drug-likeness (QED) is 0.146. The average molecular weight is 893 g/mol. The Morgan fingerprint density at radius 1 is 0.351 bits per heavy atom. The molecule has 1 aliphatic rings. The van der Waals surface area contributed by atoms with Gasteiger partial charge in [-0.2, -0.15) is 26.3 Å². The van der Waals surface area contributed by atoms with Crippen LogP contribution in [0.3, 0.4) is 0 Å². The van der Waals surface area contributed by atoms with Crippen molar-refractivity contribution in [2.24, 2.45) is 0 Å². The van der Waals surface area contributed by atoms with Crippen molar-refractivity contribution in [2.45, 2.75) is 123 Å². The number of thiophene rings is 6. The lowest BCUT2D eigenvalue weighted by Crippen LogP contribution is -2.48. The van der Waals surface area contributed by atoms with Crippen LogP contribution in [0.15, 0.2) is 60.7 Å². The van der Waals surface area contributed by atoms with Crippen LogP contribution in [-0.2, 0) is 21.7 Å². The zero-order valence-corrected chi connectivity index (χ0v) is 38.9. The summed E-state index contributed by atoms with van der Waals surface area (Å²) in [6.07, 6.45) is 0. The van der Waals surface area contributed by atoms with Crippen molar-refractivity contribution in [3.8, 4) is 39.0 Å². The molecular weight excluding hydrogens is 847 g/mol. The molecule has 6 aromatic heterocycles. The Morgan fingerprint density at radius 2 is 0.632 bits per heavy atom. The van der Waals surface area contributed by atoms with E-state index in [1.165, 1.54) is 67.2 Å². The van der Waals surface area contributed by atoms with Crippen LogP contribution >= 0.6 is 68.0 Å². The molecule has 6 heterocycles. The minimum atomic E-state index is -5.69. The van der Waals surface area contributed by atoms with E-state index >= 15 is 26.3 Å². The summed E-state index contributed by atoms with van der Waals surface area (Å²) < 4.78 is 99.0. The van der Waals surface area contributed by atoms with Crippen molar-refractivity contribution < 1.29 is 26.3 Å². The first-order valence-corrected chi connectivity index (χ1v) is 23.5. The molecule has 304 valence electrons. The Labute approximate surface area is 356 Å². The molecule has 0 fully saturated rings. The number of hydrogen-bond donors (Lipinski definition) is 0. The molecule has 0 amide bonds. The van der Waals surface area contributed by atoms with Crippen LogP contribution in [0.4, 0.5) is 26.3 Å². The Kier molecular flexibility index (Phi) is 10.3. The van der Waals surface area contributed by atoms with Gasteiger partial charge in [0.2, 0.25) is 0 Å². The molecule has 0 nitrogen and oxygen atoms in total. The van der Waals surface area contributed by atoms with Crippen LogP contribution in [-0.4, -0.2) is 17.8 Å². The van der Waals surface area contributed by atoms with Gasteiger partial charge in [-0.05, 0) is 82.3 Å². The molecular formula is C45H46F6S6. The van der Waals surface area contributed by atoms with Crippen LogP contribution < -0.4 is 0 Å². The van der Waals surface area contributed by atoms with Gasteiger partial charge in [0.15, 0.2) is 0 Å². The number of allylic oxidation sites excluding steroid dienone is 2. The van der Waals surface area contributed by atoms with E-state index in [1.54, 1.807) is 34.8 Å². The maximum atomic E-state index is 16.7. The lowest BCUT2D eigenvalue weighted by Gasteiger charge is -2.26. The summed E-state index contributed by atoms with van der Waals surface area (Å²) in [4.78, 5) is 9.02. The van der Waals surface area contributed by atoms with Crippen LogP contribution in [0.25, 0.3) is 50.2 Å². The minimum absolute atomic E-state index is 0.0727. The predicted octanol–water partition coefficient (Wildman–Crippen LogP) is 17.7. The summed E-state index contributed by atoms with van der Waals surface area (Å²) in [6.45, 7) is 24.1. The van der Waals surface area contributed by atoms with Crippen molar-refractivity contribution in [2.75, 3.05) is 0 Å². The van der Waals surface area contributed by atoms with Gasteiger partial charge in [0.05, 0.1) is 9.75 Å². The summed E-state index contributed by atoms with van der Waals surface area (Å²) in [5.74, 6) is -16.1. The third-order valence-corrected chi connectivity index (χ3v) is 19.0. The predicted molar refractivity (Wildman–Crippen MR) is 238 cm³/mol. The van der Waals surface area contributed by atoms with Gasteiger partial charge in [0.25, 0.3) is 0 Å². The normalized spacial score (nSPS) is 17.3. The Hall–Kier alpha value is -2.48. The molecule has 12 heteroatoms. The van der Waals surface area contributed by atoms with Crippen LogP contribution in [0.5, 0.6) is 0 Å². The second kappa shape index (κ2) is 13.8. The first-order chi connectivity index (χ1) is 26.0. The number of hydrogen-bond acceptors (Lipinski definition) is 6. The molecule has 0 aromatic carbocycles. The highest BCUT2D eigenvalue weighted by molar-refractivity contribution is 7.27.